The summed E-state index contributed by atoms with van der Waals surface area (Å²) in [7, 11) is 1.61. The summed E-state index contributed by atoms with van der Waals surface area (Å²) in [5.41, 5.74) is 1.58. The van der Waals surface area contributed by atoms with Gasteiger partial charge in [0.15, 0.2) is 5.17 Å². The number of thioether (sulfide) groups is 1. The highest BCUT2D eigenvalue weighted by Crippen LogP contribution is 2.60. The van der Waals surface area contributed by atoms with Crippen LogP contribution < -0.4 is 10.1 Å². The quantitative estimate of drug-likeness (QED) is 0.455. The molecule has 37 heavy (non-hydrogen) atoms. The minimum absolute atomic E-state index is 0.0166. The number of ether oxygens (including phenoxy) is 1. The molecule has 6 nitrogen and oxygen atoms in total. The van der Waals surface area contributed by atoms with E-state index < -0.39 is 5.25 Å². The highest BCUT2D eigenvalue weighted by Gasteiger charge is 2.52. The van der Waals surface area contributed by atoms with E-state index in [1.165, 1.54) is 50.3 Å². The standard InChI is InChI=1S/C29H32ClN3O3S/c1-36-24-8-6-22(7-9-24)31-27(35)25-13-26(34)33(28(37-25)32-23-4-2-21(30)3-5-23)17-29-14-18-10-19(15-29)12-20(11-18)16-29/h2-9,18-20,25H,10-17H2,1H3,(H,31,35). The molecule has 5 fully saturated rings. The predicted molar refractivity (Wildman–Crippen MR) is 148 cm³/mol. The lowest BCUT2D eigenvalue weighted by molar-refractivity contribution is -0.133. The van der Waals surface area contributed by atoms with E-state index >= 15 is 0 Å². The number of rotatable bonds is 6. The number of nitrogens with one attached hydrogen (secondary N) is 1. The predicted octanol–water partition coefficient (Wildman–Crippen LogP) is 6.53. The van der Waals surface area contributed by atoms with Gasteiger partial charge in [0.05, 0.1) is 12.8 Å². The smallest absolute Gasteiger partial charge is 0.238 e. The van der Waals surface area contributed by atoms with Crippen LogP contribution in [0.4, 0.5) is 11.4 Å². The molecule has 2 aromatic rings. The van der Waals surface area contributed by atoms with Gasteiger partial charge in [-0.1, -0.05) is 23.4 Å². The summed E-state index contributed by atoms with van der Waals surface area (Å²) in [4.78, 5) is 33.6. The summed E-state index contributed by atoms with van der Waals surface area (Å²) in [5, 5.41) is 3.66. The van der Waals surface area contributed by atoms with Gasteiger partial charge in [-0.3, -0.25) is 14.5 Å². The zero-order chi connectivity index (χ0) is 25.6. The number of carbonyl (C=O) groups is 2. The van der Waals surface area contributed by atoms with E-state index in [2.05, 4.69) is 5.32 Å². The first-order valence-corrected chi connectivity index (χ1v) is 14.4. The van der Waals surface area contributed by atoms with Crippen LogP contribution in [-0.2, 0) is 9.59 Å². The van der Waals surface area contributed by atoms with Gasteiger partial charge in [-0.2, -0.15) is 0 Å². The fourth-order valence-electron chi connectivity index (χ4n) is 7.34. The Hall–Kier alpha value is -2.51. The molecule has 7 rings (SSSR count). The Morgan fingerprint density at radius 2 is 1.68 bits per heavy atom. The number of methoxy groups -OCH3 is 1. The molecule has 0 radical (unpaired) electrons. The number of hydrogen-bond acceptors (Lipinski definition) is 5. The first kappa shape index (κ1) is 24.8. The van der Waals surface area contributed by atoms with Gasteiger partial charge in [-0.05, 0) is 110 Å². The number of carbonyl (C=O) groups excluding carboxylic acids is 2. The molecule has 1 N–H and O–H groups in total. The van der Waals surface area contributed by atoms with Gasteiger partial charge < -0.3 is 10.1 Å². The van der Waals surface area contributed by atoms with E-state index in [0.29, 0.717) is 22.4 Å². The average Bonchev–Trinajstić information content (AvgIpc) is 2.87. The largest absolute Gasteiger partial charge is 0.497 e. The number of amides is 2. The molecule has 2 aromatic carbocycles. The van der Waals surface area contributed by atoms with Gasteiger partial charge in [0.25, 0.3) is 0 Å². The van der Waals surface area contributed by atoms with Crippen molar-refractivity contribution in [3.63, 3.8) is 0 Å². The van der Waals surface area contributed by atoms with Crippen LogP contribution in [0, 0.1) is 23.2 Å². The number of halogens is 1. The maximum atomic E-state index is 13.6. The Morgan fingerprint density at radius 3 is 2.27 bits per heavy atom. The van der Waals surface area contributed by atoms with Gasteiger partial charge >= 0.3 is 0 Å². The zero-order valence-electron chi connectivity index (χ0n) is 21.0. The highest BCUT2D eigenvalue weighted by atomic mass is 35.5. The van der Waals surface area contributed by atoms with Crippen molar-refractivity contribution in [1.82, 2.24) is 4.90 Å². The van der Waals surface area contributed by atoms with E-state index in [0.717, 1.165) is 29.2 Å². The van der Waals surface area contributed by atoms with Crippen molar-refractivity contribution in [3.05, 3.63) is 53.6 Å². The van der Waals surface area contributed by atoms with E-state index in [1.54, 1.807) is 43.5 Å². The second-order valence-electron chi connectivity index (χ2n) is 11.3. The van der Waals surface area contributed by atoms with Crippen LogP contribution in [0.15, 0.2) is 53.5 Å². The molecule has 1 heterocycles. The normalized spacial score (nSPS) is 31.6. The maximum Gasteiger partial charge on any atom is 0.238 e. The molecular formula is C29H32ClN3O3S. The second-order valence-corrected chi connectivity index (χ2v) is 12.9. The van der Waals surface area contributed by atoms with Crippen molar-refractivity contribution in [2.75, 3.05) is 19.0 Å². The summed E-state index contributed by atoms with van der Waals surface area (Å²) in [5.74, 6) is 2.92. The van der Waals surface area contributed by atoms with Crippen LogP contribution in [0.3, 0.4) is 0 Å². The van der Waals surface area contributed by atoms with Gasteiger partial charge in [-0.15, -0.1) is 0 Å². The van der Waals surface area contributed by atoms with Crippen molar-refractivity contribution in [2.24, 2.45) is 28.2 Å². The highest BCUT2D eigenvalue weighted by molar-refractivity contribution is 8.15. The van der Waals surface area contributed by atoms with Crippen LogP contribution in [0.2, 0.25) is 5.02 Å². The van der Waals surface area contributed by atoms with Crippen LogP contribution in [0.25, 0.3) is 0 Å². The number of anilines is 1. The molecule has 194 valence electrons. The lowest BCUT2D eigenvalue weighted by Gasteiger charge is -2.58. The Kier molecular flexibility index (Phi) is 6.70. The van der Waals surface area contributed by atoms with Crippen LogP contribution in [-0.4, -0.2) is 40.8 Å². The SMILES string of the molecule is COc1ccc(NC(=O)C2CC(=O)N(CC34CC5CC(CC(C5)C3)C4)C(=Nc3ccc(Cl)cc3)S2)cc1. The van der Waals surface area contributed by atoms with Crippen molar-refractivity contribution in [1.29, 1.82) is 0 Å². The molecule has 1 atom stereocenters. The molecule has 5 aliphatic rings. The topological polar surface area (TPSA) is 71.0 Å². The number of benzene rings is 2. The van der Waals surface area contributed by atoms with E-state index in [-0.39, 0.29) is 23.7 Å². The summed E-state index contributed by atoms with van der Waals surface area (Å²) in [6, 6.07) is 14.5. The lowest BCUT2D eigenvalue weighted by Crippen LogP contribution is -2.55. The summed E-state index contributed by atoms with van der Waals surface area (Å²) >= 11 is 7.48. The van der Waals surface area contributed by atoms with Crippen molar-refractivity contribution in [2.45, 2.75) is 50.2 Å². The van der Waals surface area contributed by atoms with Crippen molar-refractivity contribution < 1.29 is 14.3 Å². The number of hydrogen-bond donors (Lipinski definition) is 1. The minimum Gasteiger partial charge on any atom is -0.497 e. The maximum absolute atomic E-state index is 13.6. The third-order valence-electron chi connectivity index (χ3n) is 8.50. The molecule has 0 aromatic heterocycles. The molecule has 1 unspecified atom stereocenters. The molecule has 4 aliphatic carbocycles. The number of amidine groups is 1. The van der Waals surface area contributed by atoms with Crippen molar-refractivity contribution in [3.8, 4) is 5.75 Å². The third-order valence-corrected chi connectivity index (χ3v) is 9.94. The molecule has 1 aliphatic heterocycles. The molecule has 4 bridgehead atoms. The van der Waals surface area contributed by atoms with Crippen molar-refractivity contribution >= 4 is 51.7 Å². The molecule has 8 heteroatoms. The molecule has 1 saturated heterocycles. The zero-order valence-corrected chi connectivity index (χ0v) is 22.6. The number of aliphatic imine (C=N–C) groups is 1. The lowest BCUT2D eigenvalue weighted by atomic mass is 9.49. The average molecular weight is 538 g/mol. The van der Waals surface area contributed by atoms with Gasteiger partial charge in [0.1, 0.15) is 11.0 Å². The third kappa shape index (κ3) is 5.26. The van der Waals surface area contributed by atoms with Crippen LogP contribution >= 0.6 is 23.4 Å². The first-order chi connectivity index (χ1) is 17.9. The minimum atomic E-state index is -0.548. The fourth-order valence-corrected chi connectivity index (χ4v) is 8.56. The van der Waals surface area contributed by atoms with Gasteiger partial charge in [-0.25, -0.2) is 4.99 Å². The van der Waals surface area contributed by atoms with Crippen LogP contribution in [0.5, 0.6) is 5.75 Å². The Balaban J connectivity index is 1.24. The van der Waals surface area contributed by atoms with E-state index in [9.17, 15) is 9.59 Å². The van der Waals surface area contributed by atoms with E-state index in [1.807, 2.05) is 17.0 Å². The van der Waals surface area contributed by atoms with Gasteiger partial charge in [0.2, 0.25) is 11.8 Å². The van der Waals surface area contributed by atoms with E-state index in [4.69, 9.17) is 21.3 Å². The molecular weight excluding hydrogens is 506 g/mol. The summed E-state index contributed by atoms with van der Waals surface area (Å²) in [6.45, 7) is 0.710. The fraction of sp³-hybridized carbons (Fsp3) is 0.483. The molecule has 4 saturated carbocycles. The first-order valence-electron chi connectivity index (χ1n) is 13.1. The Labute approximate surface area is 227 Å². The molecule has 0 spiro atoms. The van der Waals surface area contributed by atoms with Gasteiger partial charge in [0, 0.05) is 23.7 Å². The number of nitrogens with zero attached hydrogens (tertiary/aromatic N) is 2. The Morgan fingerprint density at radius 1 is 1.05 bits per heavy atom. The Bertz CT molecular complexity index is 1180. The summed E-state index contributed by atoms with van der Waals surface area (Å²) < 4.78 is 5.20. The molecule has 2 amide bonds. The second kappa shape index (κ2) is 9.99. The monoisotopic (exact) mass is 537 g/mol. The van der Waals surface area contributed by atoms with Crippen LogP contribution in [0.1, 0.15) is 44.9 Å². The summed E-state index contributed by atoms with van der Waals surface area (Å²) in [6.07, 6.45) is 7.89.